The van der Waals surface area contributed by atoms with Gasteiger partial charge in [-0.05, 0) is 37.3 Å². The number of hydrogen-bond acceptors (Lipinski definition) is 2. The Morgan fingerprint density at radius 1 is 1.53 bits per heavy atom. The fourth-order valence-corrected chi connectivity index (χ4v) is 2.42. The van der Waals surface area contributed by atoms with E-state index in [0.717, 1.165) is 25.5 Å². The van der Waals surface area contributed by atoms with E-state index in [1.54, 1.807) is 0 Å². The molecule has 2 unspecified atom stereocenters. The first-order valence-corrected chi connectivity index (χ1v) is 6.12. The van der Waals surface area contributed by atoms with Crippen molar-refractivity contribution >= 4 is 17.5 Å². The number of carbonyl (C=O) groups is 1. The third kappa shape index (κ3) is 3.40. The highest BCUT2D eigenvalue weighted by Gasteiger charge is 2.23. The second-order valence-corrected chi connectivity index (χ2v) is 4.97. The van der Waals surface area contributed by atoms with Gasteiger partial charge in [0.1, 0.15) is 11.5 Å². The Hall–Kier alpha value is -1.16. The summed E-state index contributed by atoms with van der Waals surface area (Å²) in [4.78, 5) is 15.4. The zero-order valence-corrected chi connectivity index (χ0v) is 10.1. The van der Waals surface area contributed by atoms with Crippen molar-refractivity contribution in [2.75, 3.05) is 6.54 Å². The van der Waals surface area contributed by atoms with Gasteiger partial charge in [-0.1, -0.05) is 0 Å². The van der Waals surface area contributed by atoms with E-state index >= 15 is 0 Å². The van der Waals surface area contributed by atoms with E-state index in [4.69, 9.17) is 11.6 Å². The van der Waals surface area contributed by atoms with Gasteiger partial charge in [0, 0.05) is 11.9 Å². The molecule has 0 spiro atoms. The number of aromatic nitrogens is 1. The third-order valence-electron chi connectivity index (χ3n) is 2.99. The average Bonchev–Trinajstić information content (AvgIpc) is 2.73. The second kappa shape index (κ2) is 5.45. The molecule has 0 saturated heterocycles. The molecule has 92 valence electrons. The predicted octanol–water partition coefficient (Wildman–Crippen LogP) is 2.36. The molecule has 1 N–H and O–H groups in total. The molecule has 1 aliphatic carbocycles. The fraction of sp³-hybridized carbons (Fsp3) is 0.500. The molecule has 5 heteroatoms. The largest absolute Gasteiger partial charge is 0.350 e. The Morgan fingerprint density at radius 3 is 2.94 bits per heavy atom. The van der Waals surface area contributed by atoms with Crippen molar-refractivity contribution in [1.82, 2.24) is 10.3 Å². The topological polar surface area (TPSA) is 42.0 Å². The van der Waals surface area contributed by atoms with Crippen LogP contribution in [0, 0.1) is 11.7 Å². The van der Waals surface area contributed by atoms with Crippen molar-refractivity contribution < 1.29 is 9.18 Å². The Bertz CT molecular complexity index is 396. The van der Waals surface area contributed by atoms with E-state index in [-0.39, 0.29) is 17.0 Å². The molecule has 1 amide bonds. The molecule has 0 bridgehead atoms. The standard InChI is InChI=1S/C12H14ClFN2O/c13-9-2-1-8(5-9)6-16-12(17)11-4-3-10(14)7-15-11/h3-4,7-9H,1-2,5-6H2,(H,16,17). The number of nitrogens with zero attached hydrogens (tertiary/aromatic N) is 1. The van der Waals surface area contributed by atoms with Crippen LogP contribution < -0.4 is 5.32 Å². The molecule has 0 aromatic carbocycles. The quantitative estimate of drug-likeness (QED) is 0.844. The summed E-state index contributed by atoms with van der Waals surface area (Å²) < 4.78 is 12.6. The molecule has 17 heavy (non-hydrogen) atoms. The highest BCUT2D eigenvalue weighted by molar-refractivity contribution is 6.20. The van der Waals surface area contributed by atoms with Crippen molar-refractivity contribution in [3.8, 4) is 0 Å². The lowest BCUT2D eigenvalue weighted by Crippen LogP contribution is -2.29. The fourth-order valence-electron chi connectivity index (χ4n) is 2.04. The molecule has 0 aliphatic heterocycles. The van der Waals surface area contributed by atoms with Gasteiger partial charge in [0.2, 0.25) is 0 Å². The van der Waals surface area contributed by atoms with Crippen molar-refractivity contribution in [1.29, 1.82) is 0 Å². The molecule has 1 fully saturated rings. The highest BCUT2D eigenvalue weighted by Crippen LogP contribution is 2.28. The van der Waals surface area contributed by atoms with Gasteiger partial charge in [0.05, 0.1) is 6.20 Å². The Kier molecular flexibility index (Phi) is 3.94. The second-order valence-electron chi connectivity index (χ2n) is 4.35. The number of rotatable bonds is 3. The van der Waals surface area contributed by atoms with E-state index in [1.165, 1.54) is 12.1 Å². The van der Waals surface area contributed by atoms with Gasteiger partial charge in [-0.25, -0.2) is 9.37 Å². The van der Waals surface area contributed by atoms with Crippen LogP contribution in [0.3, 0.4) is 0 Å². The number of alkyl halides is 1. The smallest absolute Gasteiger partial charge is 0.269 e. The highest BCUT2D eigenvalue weighted by atomic mass is 35.5. The maximum atomic E-state index is 12.6. The first-order valence-electron chi connectivity index (χ1n) is 5.69. The molecule has 1 aromatic heterocycles. The molecule has 1 saturated carbocycles. The van der Waals surface area contributed by atoms with Crippen LogP contribution in [0.4, 0.5) is 4.39 Å². The monoisotopic (exact) mass is 256 g/mol. The number of pyridine rings is 1. The molecule has 0 radical (unpaired) electrons. The average molecular weight is 257 g/mol. The van der Waals surface area contributed by atoms with E-state index < -0.39 is 5.82 Å². The Balaban J connectivity index is 1.83. The van der Waals surface area contributed by atoms with Crippen LogP contribution in [0.15, 0.2) is 18.3 Å². The van der Waals surface area contributed by atoms with Crippen LogP contribution >= 0.6 is 11.6 Å². The van der Waals surface area contributed by atoms with Crippen molar-refractivity contribution in [2.24, 2.45) is 5.92 Å². The summed E-state index contributed by atoms with van der Waals surface area (Å²) in [5.74, 6) is -0.257. The zero-order valence-electron chi connectivity index (χ0n) is 9.33. The van der Waals surface area contributed by atoms with Crippen molar-refractivity contribution in [3.05, 3.63) is 29.8 Å². The minimum absolute atomic E-state index is 0.237. The van der Waals surface area contributed by atoms with Gasteiger partial charge >= 0.3 is 0 Å². The molecule has 1 aliphatic rings. The summed E-state index contributed by atoms with van der Waals surface area (Å²) in [5.41, 5.74) is 0.242. The van der Waals surface area contributed by atoms with Crippen LogP contribution in [0.25, 0.3) is 0 Å². The number of amides is 1. The summed E-state index contributed by atoms with van der Waals surface area (Å²) in [7, 11) is 0. The van der Waals surface area contributed by atoms with Crippen LogP contribution in [0.2, 0.25) is 0 Å². The number of nitrogens with one attached hydrogen (secondary N) is 1. The molecule has 1 aromatic rings. The predicted molar refractivity (Wildman–Crippen MR) is 63.5 cm³/mol. The van der Waals surface area contributed by atoms with E-state index in [2.05, 4.69) is 10.3 Å². The molecular weight excluding hydrogens is 243 g/mol. The summed E-state index contributed by atoms with van der Waals surface area (Å²) in [6.07, 6.45) is 4.04. The Morgan fingerprint density at radius 2 is 2.35 bits per heavy atom. The van der Waals surface area contributed by atoms with Gasteiger partial charge < -0.3 is 5.32 Å². The van der Waals surface area contributed by atoms with Crippen LogP contribution in [0.5, 0.6) is 0 Å². The van der Waals surface area contributed by atoms with Crippen molar-refractivity contribution in [2.45, 2.75) is 24.6 Å². The lowest BCUT2D eigenvalue weighted by Gasteiger charge is -2.10. The SMILES string of the molecule is O=C(NCC1CCC(Cl)C1)c1ccc(F)cn1. The Labute approximate surface area is 104 Å². The summed E-state index contributed by atoms with van der Waals surface area (Å²) >= 11 is 5.99. The van der Waals surface area contributed by atoms with Crippen LogP contribution in [-0.4, -0.2) is 22.8 Å². The summed E-state index contributed by atoms with van der Waals surface area (Å²) in [6, 6.07) is 2.61. The minimum Gasteiger partial charge on any atom is -0.350 e. The lowest BCUT2D eigenvalue weighted by molar-refractivity contribution is 0.0942. The molecule has 1 heterocycles. The van der Waals surface area contributed by atoms with Gasteiger partial charge in [-0.15, -0.1) is 11.6 Å². The van der Waals surface area contributed by atoms with Gasteiger partial charge in [-0.2, -0.15) is 0 Å². The van der Waals surface area contributed by atoms with Gasteiger partial charge in [0.15, 0.2) is 0 Å². The summed E-state index contributed by atoms with van der Waals surface area (Å²) in [5, 5.41) is 3.04. The normalized spacial score (nSPS) is 23.6. The molecule has 2 atom stereocenters. The zero-order chi connectivity index (χ0) is 12.3. The van der Waals surface area contributed by atoms with E-state index in [9.17, 15) is 9.18 Å². The first kappa shape index (κ1) is 12.3. The molecular formula is C12H14ClFN2O. The maximum absolute atomic E-state index is 12.6. The van der Waals surface area contributed by atoms with Gasteiger partial charge in [0.25, 0.3) is 5.91 Å². The molecule has 3 nitrogen and oxygen atoms in total. The first-order chi connectivity index (χ1) is 8.15. The van der Waals surface area contributed by atoms with E-state index in [1.807, 2.05) is 0 Å². The van der Waals surface area contributed by atoms with Gasteiger partial charge in [-0.3, -0.25) is 4.79 Å². The van der Waals surface area contributed by atoms with Crippen molar-refractivity contribution in [3.63, 3.8) is 0 Å². The molecule has 2 rings (SSSR count). The number of hydrogen-bond donors (Lipinski definition) is 1. The van der Waals surface area contributed by atoms with Crippen LogP contribution in [0.1, 0.15) is 29.8 Å². The van der Waals surface area contributed by atoms with E-state index in [0.29, 0.717) is 12.5 Å². The third-order valence-corrected chi connectivity index (χ3v) is 3.38. The number of carbonyl (C=O) groups excluding carboxylic acids is 1. The van der Waals surface area contributed by atoms with Crippen LogP contribution in [-0.2, 0) is 0 Å². The number of halogens is 2. The maximum Gasteiger partial charge on any atom is 0.269 e. The lowest BCUT2D eigenvalue weighted by atomic mass is 10.1. The summed E-state index contributed by atoms with van der Waals surface area (Å²) in [6.45, 7) is 0.612. The minimum atomic E-state index is -0.442.